The number of aromatic amines is 1. The van der Waals surface area contributed by atoms with Gasteiger partial charge in [0.05, 0.1) is 5.69 Å². The van der Waals surface area contributed by atoms with Crippen molar-refractivity contribution in [1.82, 2.24) is 15.0 Å². The lowest BCUT2D eigenvalue weighted by molar-refractivity contribution is -0.119. The van der Waals surface area contributed by atoms with Gasteiger partial charge in [-0.1, -0.05) is 31.0 Å². The molecule has 2 amide bonds. The molecule has 10 nitrogen and oxygen atoms in total. The lowest BCUT2D eigenvalue weighted by Gasteiger charge is -2.17. The number of nitrogens with one attached hydrogen (secondary N) is 3. The molecule has 4 rings (SSSR count). The van der Waals surface area contributed by atoms with Gasteiger partial charge in [0, 0.05) is 17.4 Å². The maximum atomic E-state index is 12.6. The standard InChI is InChI=1S/C22H23N7O3/c23-18(30)16(10-12-7-8-12)27-22-28-20(17(19(24)31)21(32)29-22)26-14-5-3-4-13(11-14)15-6-1-2-9-25-15/h1-6,9,11-12,16H,7-8,10H2,(H2,23,30)(H2,24,31)(H3,26,27,28,29,32)/t16-/m1/s1. The highest BCUT2D eigenvalue weighted by molar-refractivity contribution is 5.98. The smallest absolute Gasteiger partial charge is 0.267 e. The summed E-state index contributed by atoms with van der Waals surface area (Å²) < 4.78 is 0. The van der Waals surface area contributed by atoms with E-state index in [1.165, 1.54) is 0 Å². The molecule has 164 valence electrons. The summed E-state index contributed by atoms with van der Waals surface area (Å²) in [7, 11) is 0. The first kappa shape index (κ1) is 21.0. The third-order valence-electron chi connectivity index (χ3n) is 5.17. The Morgan fingerprint density at radius 1 is 1.16 bits per heavy atom. The van der Waals surface area contributed by atoms with Crippen LogP contribution < -0.4 is 27.7 Å². The molecule has 1 atom stereocenters. The van der Waals surface area contributed by atoms with Crippen molar-refractivity contribution in [2.75, 3.05) is 10.6 Å². The summed E-state index contributed by atoms with van der Waals surface area (Å²) in [5, 5.41) is 5.86. The molecule has 0 aliphatic heterocycles. The van der Waals surface area contributed by atoms with Gasteiger partial charge in [-0.2, -0.15) is 4.98 Å². The molecule has 0 saturated heterocycles. The van der Waals surface area contributed by atoms with Gasteiger partial charge in [0.2, 0.25) is 11.9 Å². The maximum absolute atomic E-state index is 12.6. The summed E-state index contributed by atoms with van der Waals surface area (Å²) in [4.78, 5) is 47.4. The van der Waals surface area contributed by atoms with Crippen LogP contribution in [0.3, 0.4) is 0 Å². The van der Waals surface area contributed by atoms with Crippen molar-refractivity contribution < 1.29 is 9.59 Å². The SMILES string of the molecule is NC(=O)c1c(Nc2cccc(-c3ccccn3)c2)nc(N[C@H](CC2CC2)C(N)=O)[nH]c1=O. The molecular weight excluding hydrogens is 410 g/mol. The first-order valence-electron chi connectivity index (χ1n) is 10.2. The number of primary amides is 2. The second-order valence-corrected chi connectivity index (χ2v) is 7.70. The van der Waals surface area contributed by atoms with E-state index in [1.807, 2.05) is 30.3 Å². The number of H-pyrrole nitrogens is 1. The number of hydrogen-bond acceptors (Lipinski definition) is 7. The lowest BCUT2D eigenvalue weighted by atomic mass is 10.1. The van der Waals surface area contributed by atoms with Gasteiger partial charge < -0.3 is 22.1 Å². The predicted molar refractivity (Wildman–Crippen MR) is 120 cm³/mol. The topological polar surface area (TPSA) is 169 Å². The number of nitrogens with zero attached hydrogens (tertiary/aromatic N) is 2. The van der Waals surface area contributed by atoms with Crippen LogP contribution >= 0.6 is 0 Å². The molecule has 3 aromatic rings. The molecule has 2 heterocycles. The van der Waals surface area contributed by atoms with Crippen molar-refractivity contribution in [2.45, 2.75) is 25.3 Å². The largest absolute Gasteiger partial charge is 0.368 e. The number of nitrogens with two attached hydrogens (primary N) is 2. The fraction of sp³-hybridized carbons (Fsp3) is 0.227. The molecule has 1 aliphatic rings. The van der Waals surface area contributed by atoms with Crippen molar-refractivity contribution in [3.05, 3.63) is 64.6 Å². The van der Waals surface area contributed by atoms with E-state index in [4.69, 9.17) is 11.5 Å². The number of pyridine rings is 1. The van der Waals surface area contributed by atoms with E-state index in [1.54, 1.807) is 18.3 Å². The molecule has 2 aromatic heterocycles. The van der Waals surface area contributed by atoms with E-state index in [9.17, 15) is 14.4 Å². The highest BCUT2D eigenvalue weighted by Gasteiger charge is 2.29. The second kappa shape index (κ2) is 8.88. The molecule has 1 fully saturated rings. The van der Waals surface area contributed by atoms with Crippen molar-refractivity contribution in [1.29, 1.82) is 0 Å². The summed E-state index contributed by atoms with van der Waals surface area (Å²) in [6.07, 6.45) is 4.31. The van der Waals surface area contributed by atoms with Crippen LogP contribution in [0.15, 0.2) is 53.5 Å². The van der Waals surface area contributed by atoms with Crippen molar-refractivity contribution in [3.8, 4) is 11.3 Å². The number of benzene rings is 1. The van der Waals surface area contributed by atoms with Crippen LogP contribution in [0.5, 0.6) is 0 Å². The predicted octanol–water partition coefficient (Wildman–Crippen LogP) is 1.74. The fourth-order valence-corrected chi connectivity index (χ4v) is 3.39. The van der Waals surface area contributed by atoms with Gasteiger partial charge in [0.1, 0.15) is 11.6 Å². The van der Waals surface area contributed by atoms with Crippen molar-refractivity contribution in [3.63, 3.8) is 0 Å². The monoisotopic (exact) mass is 433 g/mol. The van der Waals surface area contributed by atoms with Crippen LogP contribution in [0, 0.1) is 5.92 Å². The van der Waals surface area contributed by atoms with Gasteiger partial charge in [-0.3, -0.25) is 24.4 Å². The van der Waals surface area contributed by atoms with Crippen LogP contribution in [-0.2, 0) is 4.79 Å². The van der Waals surface area contributed by atoms with Crippen LogP contribution in [-0.4, -0.2) is 32.8 Å². The third kappa shape index (κ3) is 4.91. The number of rotatable bonds is 9. The fourth-order valence-electron chi connectivity index (χ4n) is 3.39. The van der Waals surface area contributed by atoms with E-state index in [0.29, 0.717) is 18.0 Å². The number of aromatic nitrogens is 3. The van der Waals surface area contributed by atoms with Gasteiger partial charge in [0.15, 0.2) is 5.82 Å². The maximum Gasteiger partial charge on any atom is 0.267 e. The minimum atomic E-state index is -0.932. The average molecular weight is 433 g/mol. The summed E-state index contributed by atoms with van der Waals surface area (Å²) in [5.74, 6) is -1.07. The molecule has 1 aliphatic carbocycles. The number of amides is 2. The first-order chi connectivity index (χ1) is 15.4. The van der Waals surface area contributed by atoms with Crippen molar-refractivity contribution >= 4 is 29.3 Å². The van der Waals surface area contributed by atoms with E-state index < -0.39 is 23.4 Å². The van der Waals surface area contributed by atoms with Gasteiger partial charge in [-0.05, 0) is 36.6 Å². The summed E-state index contributed by atoms with van der Waals surface area (Å²) in [6.45, 7) is 0. The van der Waals surface area contributed by atoms with Crippen LogP contribution in [0.2, 0.25) is 0 Å². The van der Waals surface area contributed by atoms with Crippen LogP contribution in [0.4, 0.5) is 17.5 Å². The Morgan fingerprint density at radius 2 is 1.97 bits per heavy atom. The van der Waals surface area contributed by atoms with E-state index in [2.05, 4.69) is 25.6 Å². The zero-order valence-electron chi connectivity index (χ0n) is 17.2. The van der Waals surface area contributed by atoms with Crippen LogP contribution in [0.1, 0.15) is 29.6 Å². The summed E-state index contributed by atoms with van der Waals surface area (Å²) >= 11 is 0. The summed E-state index contributed by atoms with van der Waals surface area (Å²) in [6, 6.07) is 12.1. The Labute approximate surface area is 183 Å². The van der Waals surface area contributed by atoms with E-state index >= 15 is 0 Å². The zero-order chi connectivity index (χ0) is 22.7. The lowest BCUT2D eigenvalue weighted by Crippen LogP contribution is -2.37. The summed E-state index contributed by atoms with van der Waals surface area (Å²) in [5.41, 5.74) is 12.0. The third-order valence-corrected chi connectivity index (χ3v) is 5.17. The first-order valence-corrected chi connectivity index (χ1v) is 10.2. The highest BCUT2D eigenvalue weighted by Crippen LogP contribution is 2.34. The number of carbonyl (C=O) groups excluding carboxylic acids is 2. The molecule has 1 aromatic carbocycles. The van der Waals surface area contributed by atoms with Gasteiger partial charge in [-0.15, -0.1) is 0 Å². The molecule has 32 heavy (non-hydrogen) atoms. The number of hydrogen-bond donors (Lipinski definition) is 5. The number of anilines is 3. The highest BCUT2D eigenvalue weighted by atomic mass is 16.2. The molecule has 7 N–H and O–H groups in total. The average Bonchev–Trinajstić information content (AvgIpc) is 3.58. The van der Waals surface area contributed by atoms with Crippen molar-refractivity contribution in [2.24, 2.45) is 17.4 Å². The molecule has 0 radical (unpaired) electrons. The van der Waals surface area contributed by atoms with E-state index in [-0.39, 0.29) is 17.3 Å². The van der Waals surface area contributed by atoms with Crippen LogP contribution in [0.25, 0.3) is 11.3 Å². The van der Waals surface area contributed by atoms with Gasteiger partial charge in [-0.25, -0.2) is 0 Å². The van der Waals surface area contributed by atoms with Gasteiger partial charge in [0.25, 0.3) is 11.5 Å². The minimum Gasteiger partial charge on any atom is -0.368 e. The Hall–Kier alpha value is -4.21. The Balaban J connectivity index is 1.66. The number of carbonyl (C=O) groups is 2. The Morgan fingerprint density at radius 3 is 2.62 bits per heavy atom. The Bertz CT molecular complexity index is 1210. The second-order valence-electron chi connectivity index (χ2n) is 7.70. The minimum absolute atomic E-state index is 0.0211. The Kier molecular flexibility index (Phi) is 5.84. The molecule has 0 spiro atoms. The molecular formula is C22H23N7O3. The van der Waals surface area contributed by atoms with Gasteiger partial charge >= 0.3 is 0 Å². The molecule has 1 saturated carbocycles. The molecule has 0 unspecified atom stereocenters. The molecule has 0 bridgehead atoms. The zero-order valence-corrected chi connectivity index (χ0v) is 17.2. The quantitative estimate of drug-likeness (QED) is 0.342. The molecule has 10 heteroatoms. The van der Waals surface area contributed by atoms with E-state index in [0.717, 1.165) is 24.1 Å². The normalized spacial score (nSPS) is 13.9.